The Kier molecular flexibility index (Phi) is 5.98. The molecular formula is C12H14FN3O7S. The number of aromatic nitrogens is 2. The molecule has 0 aromatic carbocycles. The Balaban J connectivity index is 2.00. The molecule has 1 fully saturated rings. The van der Waals surface area contributed by atoms with E-state index < -0.39 is 41.2 Å². The maximum atomic E-state index is 13.8. The first-order chi connectivity index (χ1) is 11.4. The minimum Gasteiger partial charge on any atom is -0.465 e. The third-order valence-electron chi connectivity index (χ3n) is 2.78. The van der Waals surface area contributed by atoms with Crippen molar-refractivity contribution in [3.8, 4) is 0 Å². The van der Waals surface area contributed by atoms with Crippen LogP contribution in [0.25, 0.3) is 0 Å². The topological polar surface area (TPSA) is 129 Å². The van der Waals surface area contributed by atoms with Gasteiger partial charge < -0.3 is 19.3 Å². The van der Waals surface area contributed by atoms with Crippen molar-refractivity contribution in [2.45, 2.75) is 18.6 Å². The summed E-state index contributed by atoms with van der Waals surface area (Å²) in [7, 11) is 0. The van der Waals surface area contributed by atoms with Gasteiger partial charge in [-0.05, 0) is 6.92 Å². The molecule has 2 rings (SSSR count). The van der Waals surface area contributed by atoms with Gasteiger partial charge in [0, 0.05) is 5.75 Å². The number of carbonyl (C=O) groups excluding carboxylic acids is 1. The Labute approximate surface area is 138 Å². The first-order valence-electron chi connectivity index (χ1n) is 6.76. The Bertz CT molecular complexity index is 683. The molecule has 132 valence electrons. The number of ether oxygens (including phenoxy) is 3. The van der Waals surface area contributed by atoms with E-state index in [1.807, 2.05) is 0 Å². The molecule has 0 aliphatic carbocycles. The summed E-state index contributed by atoms with van der Waals surface area (Å²) in [6.07, 6.45) is -2.39. The van der Waals surface area contributed by atoms with E-state index >= 15 is 0 Å². The van der Waals surface area contributed by atoms with Crippen LogP contribution < -0.4 is 11.0 Å². The number of halogens is 1. The molecule has 0 unspecified atom stereocenters. The zero-order chi connectivity index (χ0) is 17.7. The number of hydrogen-bond donors (Lipinski definition) is 2. The number of anilines is 1. The number of hydrogen-bond acceptors (Lipinski definition) is 8. The molecule has 0 saturated carbocycles. The Hall–Kier alpha value is -2.34. The lowest BCUT2D eigenvalue weighted by atomic mass is 10.5. The van der Waals surface area contributed by atoms with Crippen LogP contribution in [0.15, 0.2) is 11.0 Å². The van der Waals surface area contributed by atoms with Gasteiger partial charge in [-0.3, -0.25) is 9.88 Å². The average molecular weight is 363 g/mol. The molecule has 1 aliphatic heterocycles. The smallest absolute Gasteiger partial charge is 0.465 e. The lowest BCUT2D eigenvalue weighted by Gasteiger charge is -2.15. The van der Waals surface area contributed by atoms with E-state index in [4.69, 9.17) is 14.6 Å². The molecule has 0 radical (unpaired) electrons. The maximum absolute atomic E-state index is 13.8. The fourth-order valence-corrected chi connectivity index (χ4v) is 2.80. The summed E-state index contributed by atoms with van der Waals surface area (Å²) in [5.41, 5.74) is -1.43. The van der Waals surface area contributed by atoms with Crippen LogP contribution in [0.4, 0.5) is 19.8 Å². The molecule has 10 nitrogen and oxygen atoms in total. The van der Waals surface area contributed by atoms with E-state index in [2.05, 4.69) is 9.72 Å². The standard InChI is InChI=1S/C12H14FN3O7S/c1-2-21-12(20)22-4-8-23-7(5-24-8)16-3-6(13)9(14-10(16)17)15-11(18)19/h3,7-8H,2,4-5H2,1H3,(H,18,19)(H,14,15,17)/t7-,8+/m0/s1. The predicted molar refractivity (Wildman–Crippen MR) is 79.4 cm³/mol. The molecule has 1 aromatic heterocycles. The molecule has 0 spiro atoms. The fraction of sp³-hybridized carbons (Fsp3) is 0.500. The molecule has 0 bridgehead atoms. The van der Waals surface area contributed by atoms with Crippen LogP contribution in [0, 0.1) is 5.82 Å². The summed E-state index contributed by atoms with van der Waals surface area (Å²) in [6.45, 7) is 1.72. The third kappa shape index (κ3) is 4.58. The van der Waals surface area contributed by atoms with Gasteiger partial charge in [0.2, 0.25) is 0 Å². The van der Waals surface area contributed by atoms with Gasteiger partial charge in [0.15, 0.2) is 11.6 Å². The van der Waals surface area contributed by atoms with E-state index in [0.29, 0.717) is 5.75 Å². The second-order valence-corrected chi connectivity index (χ2v) is 5.60. The van der Waals surface area contributed by atoms with E-state index in [1.165, 1.54) is 11.8 Å². The first-order valence-corrected chi connectivity index (χ1v) is 7.80. The van der Waals surface area contributed by atoms with Crippen molar-refractivity contribution in [3.05, 3.63) is 22.5 Å². The highest BCUT2D eigenvalue weighted by atomic mass is 32.2. The highest BCUT2D eigenvalue weighted by Crippen LogP contribution is 2.31. The van der Waals surface area contributed by atoms with Crippen LogP contribution >= 0.6 is 11.8 Å². The van der Waals surface area contributed by atoms with Gasteiger partial charge in [0.05, 0.1) is 12.8 Å². The van der Waals surface area contributed by atoms with Crippen molar-refractivity contribution in [3.63, 3.8) is 0 Å². The molecule has 1 aromatic rings. The average Bonchev–Trinajstić information content (AvgIpc) is 2.97. The predicted octanol–water partition coefficient (Wildman–Crippen LogP) is 1.23. The molecule has 2 atom stereocenters. The van der Waals surface area contributed by atoms with Crippen molar-refractivity contribution in [1.82, 2.24) is 9.55 Å². The van der Waals surface area contributed by atoms with Gasteiger partial charge >= 0.3 is 17.9 Å². The van der Waals surface area contributed by atoms with Crippen molar-refractivity contribution in [2.24, 2.45) is 0 Å². The minimum absolute atomic E-state index is 0.0939. The van der Waals surface area contributed by atoms with Crippen molar-refractivity contribution in [1.29, 1.82) is 0 Å². The number of carbonyl (C=O) groups is 2. The lowest BCUT2D eigenvalue weighted by Crippen LogP contribution is -2.30. The van der Waals surface area contributed by atoms with Gasteiger partial charge in [-0.25, -0.2) is 18.8 Å². The monoisotopic (exact) mass is 363 g/mol. The van der Waals surface area contributed by atoms with Gasteiger partial charge in [-0.15, -0.1) is 11.8 Å². The molecule has 2 N–H and O–H groups in total. The highest BCUT2D eigenvalue weighted by molar-refractivity contribution is 8.00. The fourth-order valence-electron chi connectivity index (χ4n) is 1.81. The van der Waals surface area contributed by atoms with Gasteiger partial charge in [0.25, 0.3) is 0 Å². The molecule has 2 heterocycles. The van der Waals surface area contributed by atoms with E-state index in [9.17, 15) is 18.8 Å². The zero-order valence-electron chi connectivity index (χ0n) is 12.4. The molecule has 1 saturated heterocycles. The normalized spacial score (nSPS) is 19.8. The number of nitrogens with one attached hydrogen (secondary N) is 1. The Morgan fingerprint density at radius 3 is 3.00 bits per heavy atom. The second kappa shape index (κ2) is 7.97. The lowest BCUT2D eigenvalue weighted by molar-refractivity contribution is -0.0233. The minimum atomic E-state index is -1.54. The largest absolute Gasteiger partial charge is 0.508 e. The van der Waals surface area contributed by atoms with Crippen LogP contribution in [-0.4, -0.2) is 51.3 Å². The van der Waals surface area contributed by atoms with Crippen LogP contribution in [0.5, 0.6) is 0 Å². The number of rotatable bonds is 5. The van der Waals surface area contributed by atoms with Crippen LogP contribution in [0.3, 0.4) is 0 Å². The highest BCUT2D eigenvalue weighted by Gasteiger charge is 2.30. The quantitative estimate of drug-likeness (QED) is 0.742. The second-order valence-electron chi connectivity index (χ2n) is 4.41. The van der Waals surface area contributed by atoms with E-state index in [1.54, 1.807) is 12.2 Å². The summed E-state index contributed by atoms with van der Waals surface area (Å²) < 4.78 is 29.6. The summed E-state index contributed by atoms with van der Waals surface area (Å²) in [5.74, 6) is -1.41. The maximum Gasteiger partial charge on any atom is 0.508 e. The number of carboxylic acid groups (broad SMARTS) is 1. The van der Waals surface area contributed by atoms with Gasteiger partial charge in [0.1, 0.15) is 18.3 Å². The Morgan fingerprint density at radius 1 is 1.58 bits per heavy atom. The molecular weight excluding hydrogens is 349 g/mol. The molecule has 24 heavy (non-hydrogen) atoms. The Morgan fingerprint density at radius 2 is 2.33 bits per heavy atom. The summed E-state index contributed by atoms with van der Waals surface area (Å²) >= 11 is 1.26. The number of thioether (sulfide) groups is 1. The summed E-state index contributed by atoms with van der Waals surface area (Å²) in [5, 5.41) is 10.2. The zero-order valence-corrected chi connectivity index (χ0v) is 13.2. The number of nitrogens with zero attached hydrogens (tertiary/aromatic N) is 2. The molecule has 1 aliphatic rings. The van der Waals surface area contributed by atoms with Crippen LogP contribution in [0.2, 0.25) is 0 Å². The van der Waals surface area contributed by atoms with Crippen molar-refractivity contribution >= 4 is 29.8 Å². The van der Waals surface area contributed by atoms with Gasteiger partial charge in [-0.1, -0.05) is 0 Å². The van der Waals surface area contributed by atoms with E-state index in [-0.39, 0.29) is 13.2 Å². The number of amides is 1. The van der Waals surface area contributed by atoms with Crippen molar-refractivity contribution < 1.29 is 33.3 Å². The summed E-state index contributed by atoms with van der Waals surface area (Å²) in [4.78, 5) is 36.8. The van der Waals surface area contributed by atoms with Crippen LogP contribution in [0.1, 0.15) is 13.2 Å². The molecule has 12 heteroatoms. The third-order valence-corrected chi connectivity index (χ3v) is 3.87. The van der Waals surface area contributed by atoms with Gasteiger partial charge in [-0.2, -0.15) is 4.98 Å². The van der Waals surface area contributed by atoms with Crippen LogP contribution in [-0.2, 0) is 14.2 Å². The van der Waals surface area contributed by atoms with Crippen molar-refractivity contribution in [2.75, 3.05) is 24.3 Å². The summed E-state index contributed by atoms with van der Waals surface area (Å²) in [6, 6.07) is 0. The first kappa shape index (κ1) is 18.0. The van der Waals surface area contributed by atoms with E-state index in [0.717, 1.165) is 10.8 Å². The molecule has 1 amide bonds. The SMILES string of the molecule is CCOC(=O)OC[C@@H]1O[C@H](n2cc(F)c(NC(=O)O)nc2=O)CS1.